The van der Waals surface area contributed by atoms with Crippen LogP contribution in [-0.2, 0) is 28.3 Å². The van der Waals surface area contributed by atoms with Crippen molar-refractivity contribution in [3.63, 3.8) is 0 Å². The van der Waals surface area contributed by atoms with Crippen LogP contribution < -0.4 is 5.43 Å². The van der Waals surface area contributed by atoms with Crippen molar-refractivity contribution in [2.45, 2.75) is 4.33 Å². The molecule has 0 amide bonds. The summed E-state index contributed by atoms with van der Waals surface area (Å²) in [6.45, 7) is 0. The second kappa shape index (κ2) is 4.68. The van der Waals surface area contributed by atoms with E-state index in [2.05, 4.69) is 4.99 Å². The van der Waals surface area contributed by atoms with Crippen LogP contribution in [0.5, 0.6) is 0 Å². The first-order valence-corrected chi connectivity index (χ1v) is 10.2. The fraction of sp³-hybridized carbons (Fsp3) is 0.750. The van der Waals surface area contributed by atoms with Crippen LogP contribution in [0.1, 0.15) is 0 Å². The van der Waals surface area contributed by atoms with Gasteiger partial charge in [-0.05, 0) is 0 Å². The molecule has 1 rings (SSSR count). The van der Waals surface area contributed by atoms with Gasteiger partial charge < -0.3 is 0 Å². The van der Waals surface area contributed by atoms with E-state index in [9.17, 15) is 25.3 Å². The maximum atomic E-state index is 11.7. The molecule has 0 atom stereocenters. The second-order valence-electron chi connectivity index (χ2n) is 3.40. The van der Waals surface area contributed by atoms with Crippen LogP contribution in [0.25, 0.3) is 0 Å². The zero-order valence-electron chi connectivity index (χ0n) is 9.35. The van der Waals surface area contributed by atoms with Crippen LogP contribution in [0.4, 0.5) is 0 Å². The molecule has 0 unspecified atom stereocenters. The lowest BCUT2D eigenvalue weighted by Gasteiger charge is -2.24. The van der Waals surface area contributed by atoms with Crippen molar-refractivity contribution in [1.82, 2.24) is 14.1 Å². The highest BCUT2D eigenvalue weighted by Gasteiger charge is 2.59. The van der Waals surface area contributed by atoms with Gasteiger partial charge in [0.1, 0.15) is 6.34 Å². The molecule has 1 N–H and O–H groups in total. The molecule has 112 valence electrons. The third-order valence-corrected chi connectivity index (χ3v) is 8.48. The van der Waals surface area contributed by atoms with Crippen molar-refractivity contribution in [2.24, 2.45) is 4.99 Å². The maximum Gasteiger partial charge on any atom is 0.363 e. The Kier molecular flexibility index (Phi) is 4.16. The van der Waals surface area contributed by atoms with E-state index in [1.807, 2.05) is 0 Å². The number of nitrogens with zero attached hydrogens (tertiary/aromatic N) is 3. The third kappa shape index (κ3) is 2.68. The fourth-order valence-corrected chi connectivity index (χ4v) is 5.79. The van der Waals surface area contributed by atoms with Crippen LogP contribution in [-0.4, -0.2) is 58.7 Å². The molecule has 0 aliphatic carbocycles. The van der Waals surface area contributed by atoms with Gasteiger partial charge in [-0.25, -0.2) is 21.8 Å². The van der Waals surface area contributed by atoms with Gasteiger partial charge in [-0.2, -0.15) is 22.6 Å². The Morgan fingerprint density at radius 3 is 1.79 bits per heavy atom. The van der Waals surface area contributed by atoms with E-state index in [0.29, 0.717) is 10.6 Å². The van der Waals surface area contributed by atoms with Gasteiger partial charge in [0.05, 0.1) is 0 Å². The number of hydrogen-bond donors (Lipinski definition) is 1. The highest BCUT2D eigenvalue weighted by Crippen LogP contribution is 2.33. The van der Waals surface area contributed by atoms with Crippen molar-refractivity contribution in [2.75, 3.05) is 14.1 Å². The van der Waals surface area contributed by atoms with Gasteiger partial charge in [-0.3, -0.25) is 0 Å². The SMILES string of the molecule is CN(C)S(=O)(=O)N1C=NC(S(=O)(=O)Cl)(S(=O)(=O)Cl)N1. The van der Waals surface area contributed by atoms with E-state index in [-0.39, 0.29) is 4.41 Å². The molecule has 15 heteroatoms. The van der Waals surface area contributed by atoms with Crippen molar-refractivity contribution >= 4 is 56.0 Å². The van der Waals surface area contributed by atoms with Gasteiger partial charge in [0.15, 0.2) is 0 Å². The molecule has 0 spiro atoms. The number of hydrogen-bond acceptors (Lipinski definition) is 8. The number of rotatable bonds is 4. The minimum atomic E-state index is -4.92. The third-order valence-electron chi connectivity index (χ3n) is 1.96. The summed E-state index contributed by atoms with van der Waals surface area (Å²) in [5.74, 6) is 0. The zero-order valence-corrected chi connectivity index (χ0v) is 13.3. The summed E-state index contributed by atoms with van der Waals surface area (Å²) in [4.78, 5) is 3.08. The molecule has 0 aromatic rings. The van der Waals surface area contributed by atoms with Crippen molar-refractivity contribution in [3.05, 3.63) is 0 Å². The molecule has 0 saturated heterocycles. The van der Waals surface area contributed by atoms with E-state index >= 15 is 0 Å². The monoisotopic (exact) mass is 374 g/mol. The summed E-state index contributed by atoms with van der Waals surface area (Å²) in [5.41, 5.74) is 1.65. The predicted molar refractivity (Wildman–Crippen MR) is 68.4 cm³/mol. The van der Waals surface area contributed by atoms with Crippen molar-refractivity contribution < 1.29 is 25.3 Å². The van der Waals surface area contributed by atoms with Crippen LogP contribution in [0, 0.1) is 0 Å². The Balaban J connectivity index is 3.41. The average molecular weight is 375 g/mol. The Morgan fingerprint density at radius 1 is 1.11 bits per heavy atom. The summed E-state index contributed by atoms with van der Waals surface area (Å²) in [6.07, 6.45) is 0.440. The van der Waals surface area contributed by atoms with E-state index in [4.69, 9.17) is 21.4 Å². The molecule has 0 saturated carbocycles. The van der Waals surface area contributed by atoms with E-state index in [1.165, 1.54) is 0 Å². The predicted octanol–water partition coefficient (Wildman–Crippen LogP) is -1.61. The summed E-state index contributed by atoms with van der Waals surface area (Å²) in [7, 11) is -1.84. The first-order chi connectivity index (χ1) is 8.26. The molecule has 0 fully saturated rings. The quantitative estimate of drug-likeness (QED) is 0.585. The van der Waals surface area contributed by atoms with Gasteiger partial charge in [0, 0.05) is 35.5 Å². The average Bonchev–Trinajstić information content (AvgIpc) is 2.60. The lowest BCUT2D eigenvalue weighted by molar-refractivity contribution is 0.392. The maximum absolute atomic E-state index is 11.7. The Hall–Kier alpha value is -0.180. The molecular formula is C4H8Cl2N4O6S3. The molecule has 0 aromatic carbocycles. The van der Waals surface area contributed by atoms with Crippen molar-refractivity contribution in [1.29, 1.82) is 0 Å². The van der Waals surface area contributed by atoms with Crippen LogP contribution >= 0.6 is 21.4 Å². The molecule has 1 heterocycles. The largest absolute Gasteiger partial charge is 0.363 e. The van der Waals surface area contributed by atoms with Gasteiger partial charge >= 0.3 is 14.5 Å². The van der Waals surface area contributed by atoms with Crippen LogP contribution in [0.15, 0.2) is 4.99 Å². The van der Waals surface area contributed by atoms with Gasteiger partial charge in [-0.1, -0.05) is 0 Å². The number of aliphatic imine (C=N–C) groups is 1. The number of nitrogens with one attached hydrogen (secondary N) is 1. The minimum Gasteiger partial charge on any atom is -0.217 e. The van der Waals surface area contributed by atoms with Gasteiger partial charge in [0.25, 0.3) is 18.1 Å². The molecule has 0 radical (unpaired) electrons. The molecule has 0 aromatic heterocycles. The highest BCUT2D eigenvalue weighted by atomic mass is 35.7. The topological polar surface area (TPSA) is 133 Å². The van der Waals surface area contributed by atoms with E-state index in [1.54, 1.807) is 5.43 Å². The van der Waals surface area contributed by atoms with E-state index in [0.717, 1.165) is 14.1 Å². The molecule has 1 aliphatic rings. The summed E-state index contributed by atoms with van der Waals surface area (Å²) in [5, 5.41) is 0. The fourth-order valence-electron chi connectivity index (χ4n) is 0.972. The van der Waals surface area contributed by atoms with E-state index < -0.39 is 32.6 Å². The summed E-state index contributed by atoms with van der Waals surface area (Å²) < 4.78 is 66.4. The first-order valence-electron chi connectivity index (χ1n) is 4.19. The molecule has 19 heavy (non-hydrogen) atoms. The number of hydrazine groups is 1. The van der Waals surface area contributed by atoms with Gasteiger partial charge in [0.2, 0.25) is 0 Å². The molecular weight excluding hydrogens is 367 g/mol. The van der Waals surface area contributed by atoms with Crippen LogP contribution in [0.3, 0.4) is 0 Å². The summed E-state index contributed by atoms with van der Waals surface area (Å²) >= 11 is 0. The molecule has 1 aliphatic heterocycles. The minimum absolute atomic E-state index is 0.173. The highest BCUT2D eigenvalue weighted by molar-refractivity contribution is 8.29. The lowest BCUT2D eigenvalue weighted by Crippen LogP contribution is -2.57. The Morgan fingerprint density at radius 2 is 1.53 bits per heavy atom. The van der Waals surface area contributed by atoms with Crippen molar-refractivity contribution in [3.8, 4) is 0 Å². The van der Waals surface area contributed by atoms with Crippen LogP contribution in [0.2, 0.25) is 0 Å². The Bertz CT molecular complexity index is 678. The summed E-state index contributed by atoms with van der Waals surface area (Å²) in [6, 6.07) is 0. The first kappa shape index (κ1) is 16.9. The normalized spacial score (nSPS) is 20.2. The number of halogens is 2. The smallest absolute Gasteiger partial charge is 0.217 e. The Labute approximate surface area is 119 Å². The molecule has 10 nitrogen and oxygen atoms in total. The standard InChI is InChI=1S/C4H8Cl2N4O6S3/c1-9(2)19(15,16)10-3-7-4(8-10,17(5,11)12)18(6,13)14/h3,8H,1-2H3. The molecule has 0 bridgehead atoms. The zero-order chi connectivity index (χ0) is 15.3. The lowest BCUT2D eigenvalue weighted by atomic mass is 11.1. The second-order valence-corrected chi connectivity index (χ2v) is 11.0. The van der Waals surface area contributed by atoms with Gasteiger partial charge in [-0.15, -0.1) is 0 Å².